The fraction of sp³-hybridized carbons (Fsp3) is 0.400. The van der Waals surface area contributed by atoms with Crippen molar-refractivity contribution in [2.24, 2.45) is 0 Å². The molecule has 6 heteroatoms. The molecule has 2 N–H and O–H groups in total. The lowest BCUT2D eigenvalue weighted by Crippen LogP contribution is -2.35. The van der Waals surface area contributed by atoms with Gasteiger partial charge in [-0.05, 0) is 17.7 Å². The number of aliphatic hydroxyl groups excluding tert-OH is 1. The number of halogens is 4. The van der Waals surface area contributed by atoms with Crippen molar-refractivity contribution in [2.75, 3.05) is 13.2 Å². The summed E-state index contributed by atoms with van der Waals surface area (Å²) in [5.41, 5.74) is 0.597. The molecule has 0 aliphatic rings. The molecule has 0 bridgehead atoms. The van der Waals surface area contributed by atoms with Gasteiger partial charge in [-0.2, -0.15) is 0 Å². The first-order chi connectivity index (χ1) is 7.44. The van der Waals surface area contributed by atoms with E-state index in [0.717, 1.165) is 0 Å². The third kappa shape index (κ3) is 4.00. The van der Waals surface area contributed by atoms with Crippen molar-refractivity contribution in [1.29, 1.82) is 0 Å². The van der Waals surface area contributed by atoms with Gasteiger partial charge in [0.05, 0.1) is 11.6 Å². The molecule has 0 atom stereocenters. The Morgan fingerprint density at radius 1 is 1.38 bits per heavy atom. The molecule has 0 aromatic heterocycles. The molecule has 90 valence electrons. The molecular formula is C10H11ClF3NO. The Balaban J connectivity index is 2.46. The molecule has 0 saturated carbocycles. The van der Waals surface area contributed by atoms with Gasteiger partial charge in [-0.3, -0.25) is 0 Å². The molecule has 0 spiro atoms. The number of aliphatic hydroxyl groups is 1. The van der Waals surface area contributed by atoms with Gasteiger partial charge in [0, 0.05) is 6.54 Å². The second-order valence-corrected chi connectivity index (χ2v) is 3.77. The molecule has 2 nitrogen and oxygen atoms in total. The van der Waals surface area contributed by atoms with Crippen molar-refractivity contribution in [3.05, 3.63) is 34.6 Å². The van der Waals surface area contributed by atoms with Crippen LogP contribution in [0.15, 0.2) is 18.2 Å². The van der Waals surface area contributed by atoms with Crippen molar-refractivity contribution in [2.45, 2.75) is 12.5 Å². The van der Waals surface area contributed by atoms with Gasteiger partial charge in [0.1, 0.15) is 12.4 Å². The Morgan fingerprint density at radius 2 is 2.06 bits per heavy atom. The zero-order valence-corrected chi connectivity index (χ0v) is 9.07. The predicted octanol–water partition coefficient (Wildman–Crippen LogP) is 2.20. The maximum Gasteiger partial charge on any atom is 0.282 e. The zero-order valence-electron chi connectivity index (χ0n) is 8.31. The topological polar surface area (TPSA) is 32.3 Å². The number of benzene rings is 1. The first-order valence-corrected chi connectivity index (χ1v) is 4.96. The van der Waals surface area contributed by atoms with Gasteiger partial charge in [0.15, 0.2) is 0 Å². The van der Waals surface area contributed by atoms with E-state index in [4.69, 9.17) is 16.7 Å². The van der Waals surface area contributed by atoms with E-state index in [-0.39, 0.29) is 11.6 Å². The minimum absolute atomic E-state index is 0.0479. The molecule has 0 saturated heterocycles. The van der Waals surface area contributed by atoms with Gasteiger partial charge in [0.25, 0.3) is 5.92 Å². The second kappa shape index (κ2) is 5.52. The molecule has 16 heavy (non-hydrogen) atoms. The molecular weight excluding hydrogens is 243 g/mol. The van der Waals surface area contributed by atoms with Crippen molar-refractivity contribution >= 4 is 11.6 Å². The molecule has 0 fully saturated rings. The van der Waals surface area contributed by atoms with Crippen LogP contribution in [0, 0.1) is 5.82 Å². The van der Waals surface area contributed by atoms with Crippen molar-refractivity contribution in [3.8, 4) is 0 Å². The summed E-state index contributed by atoms with van der Waals surface area (Å²) in [6.07, 6.45) is 0. The Labute approximate surface area is 96.0 Å². The number of hydrogen-bond donors (Lipinski definition) is 2. The summed E-state index contributed by atoms with van der Waals surface area (Å²) in [7, 11) is 0. The van der Waals surface area contributed by atoms with Gasteiger partial charge in [-0.1, -0.05) is 17.7 Å². The summed E-state index contributed by atoms with van der Waals surface area (Å²) in [6, 6.07) is 3.98. The Hall–Kier alpha value is -0.780. The smallest absolute Gasteiger partial charge is 0.282 e. The lowest BCUT2D eigenvalue weighted by Gasteiger charge is -2.13. The molecule has 0 radical (unpaired) electrons. The largest absolute Gasteiger partial charge is 0.390 e. The van der Waals surface area contributed by atoms with Crippen LogP contribution in [-0.2, 0) is 6.54 Å². The zero-order chi connectivity index (χ0) is 12.2. The highest BCUT2D eigenvalue weighted by atomic mass is 35.5. The van der Waals surface area contributed by atoms with E-state index in [9.17, 15) is 13.2 Å². The van der Waals surface area contributed by atoms with Crippen molar-refractivity contribution in [1.82, 2.24) is 5.32 Å². The Bertz CT molecular complexity index is 360. The van der Waals surface area contributed by atoms with Gasteiger partial charge in [-0.25, -0.2) is 13.2 Å². The average molecular weight is 254 g/mol. The van der Waals surface area contributed by atoms with Crippen LogP contribution in [0.2, 0.25) is 5.02 Å². The van der Waals surface area contributed by atoms with Crippen LogP contribution in [0.25, 0.3) is 0 Å². The van der Waals surface area contributed by atoms with E-state index in [1.54, 1.807) is 0 Å². The fourth-order valence-electron chi connectivity index (χ4n) is 1.10. The molecule has 0 aliphatic carbocycles. The lowest BCUT2D eigenvalue weighted by atomic mass is 10.2. The first-order valence-electron chi connectivity index (χ1n) is 4.58. The second-order valence-electron chi connectivity index (χ2n) is 3.37. The summed E-state index contributed by atoms with van der Waals surface area (Å²) in [5, 5.41) is 10.7. The Kier molecular flexibility index (Phi) is 4.58. The minimum Gasteiger partial charge on any atom is -0.390 e. The summed E-state index contributed by atoms with van der Waals surface area (Å²) in [5.74, 6) is -3.70. The third-order valence-corrected chi connectivity index (χ3v) is 2.22. The van der Waals surface area contributed by atoms with E-state index in [1.807, 2.05) is 0 Å². The van der Waals surface area contributed by atoms with Crippen LogP contribution in [-0.4, -0.2) is 24.2 Å². The monoisotopic (exact) mass is 253 g/mol. The molecule has 0 aliphatic heterocycles. The standard InChI is InChI=1S/C10H11ClF3NO/c11-8-3-7(1-2-9(8)12)4-15-5-10(13,14)6-16/h1-3,15-16H,4-6H2. The van der Waals surface area contributed by atoms with Crippen LogP contribution in [0.4, 0.5) is 13.2 Å². The van der Waals surface area contributed by atoms with E-state index >= 15 is 0 Å². The average Bonchev–Trinajstić information content (AvgIpc) is 2.23. The quantitative estimate of drug-likeness (QED) is 0.843. The third-order valence-electron chi connectivity index (χ3n) is 1.93. The molecule has 0 heterocycles. The number of nitrogens with one attached hydrogen (secondary N) is 1. The van der Waals surface area contributed by atoms with Crippen LogP contribution >= 0.6 is 11.6 Å². The van der Waals surface area contributed by atoms with E-state index in [0.29, 0.717) is 5.56 Å². The molecule has 1 aromatic carbocycles. The van der Waals surface area contributed by atoms with E-state index < -0.39 is 24.9 Å². The molecule has 0 amide bonds. The highest BCUT2D eigenvalue weighted by molar-refractivity contribution is 6.30. The lowest BCUT2D eigenvalue weighted by molar-refractivity contribution is -0.0477. The minimum atomic E-state index is -3.15. The van der Waals surface area contributed by atoms with E-state index in [2.05, 4.69) is 5.32 Å². The van der Waals surface area contributed by atoms with Gasteiger partial charge in [0.2, 0.25) is 0 Å². The maximum atomic E-state index is 12.8. The van der Waals surface area contributed by atoms with E-state index in [1.165, 1.54) is 18.2 Å². The van der Waals surface area contributed by atoms with Crippen molar-refractivity contribution in [3.63, 3.8) is 0 Å². The summed E-state index contributed by atoms with van der Waals surface area (Å²) in [4.78, 5) is 0. The maximum absolute atomic E-state index is 12.8. The first kappa shape index (κ1) is 13.3. The highest BCUT2D eigenvalue weighted by Gasteiger charge is 2.26. The summed E-state index contributed by atoms with van der Waals surface area (Å²) >= 11 is 5.52. The summed E-state index contributed by atoms with van der Waals surface area (Å²) < 4.78 is 38.0. The number of hydrogen-bond acceptors (Lipinski definition) is 2. The normalized spacial score (nSPS) is 11.8. The molecule has 1 rings (SSSR count). The predicted molar refractivity (Wildman–Crippen MR) is 55.1 cm³/mol. The molecule has 0 unspecified atom stereocenters. The number of alkyl halides is 2. The SMILES string of the molecule is OCC(F)(F)CNCc1ccc(F)c(Cl)c1. The van der Waals surface area contributed by atoms with Gasteiger partial charge in [-0.15, -0.1) is 0 Å². The van der Waals surface area contributed by atoms with Gasteiger partial charge < -0.3 is 10.4 Å². The van der Waals surface area contributed by atoms with Gasteiger partial charge >= 0.3 is 0 Å². The van der Waals surface area contributed by atoms with Crippen LogP contribution in [0.1, 0.15) is 5.56 Å². The summed E-state index contributed by atoms with van der Waals surface area (Å²) in [6.45, 7) is -1.71. The van der Waals surface area contributed by atoms with Crippen LogP contribution < -0.4 is 5.32 Å². The van der Waals surface area contributed by atoms with Crippen LogP contribution in [0.3, 0.4) is 0 Å². The Morgan fingerprint density at radius 3 is 2.62 bits per heavy atom. The number of rotatable bonds is 5. The van der Waals surface area contributed by atoms with Crippen molar-refractivity contribution < 1.29 is 18.3 Å². The molecule has 1 aromatic rings. The fourth-order valence-corrected chi connectivity index (χ4v) is 1.30. The highest BCUT2D eigenvalue weighted by Crippen LogP contribution is 2.16. The van der Waals surface area contributed by atoms with Crippen LogP contribution in [0.5, 0.6) is 0 Å².